The van der Waals surface area contributed by atoms with E-state index in [0.717, 1.165) is 24.2 Å². The number of nitrogens with zero attached hydrogens (tertiary/aromatic N) is 4. The molecule has 1 atom stereocenters. The van der Waals surface area contributed by atoms with Gasteiger partial charge in [-0.25, -0.2) is 0 Å². The molecule has 1 unspecified atom stereocenters. The maximum Gasteiger partial charge on any atom is 0.227 e. The van der Waals surface area contributed by atoms with Gasteiger partial charge in [0.1, 0.15) is 12.2 Å². The Morgan fingerprint density at radius 2 is 2.53 bits per heavy atom. The highest BCUT2D eigenvalue weighted by atomic mass is 16.3. The first kappa shape index (κ1) is 12.0. The molecule has 0 aliphatic carbocycles. The lowest BCUT2D eigenvalue weighted by Gasteiger charge is -2.26. The van der Waals surface area contributed by atoms with Gasteiger partial charge in [0.15, 0.2) is 0 Å². The highest BCUT2D eigenvalue weighted by Gasteiger charge is 2.27. The minimum Gasteiger partial charge on any atom is -0.472 e. The van der Waals surface area contributed by atoms with Crippen molar-refractivity contribution in [2.45, 2.75) is 25.9 Å². The Kier molecular flexibility index (Phi) is 3.06. The molecule has 0 N–H and O–H groups in total. The van der Waals surface area contributed by atoms with E-state index in [-0.39, 0.29) is 11.8 Å². The summed E-state index contributed by atoms with van der Waals surface area (Å²) in [5.41, 5.74) is 1.01. The van der Waals surface area contributed by atoms with Gasteiger partial charge in [0.05, 0.1) is 18.4 Å². The Hall–Kier alpha value is -2.11. The average molecular weight is 260 g/mol. The van der Waals surface area contributed by atoms with Gasteiger partial charge in [0, 0.05) is 32.1 Å². The van der Waals surface area contributed by atoms with Gasteiger partial charge in [-0.1, -0.05) is 0 Å². The van der Waals surface area contributed by atoms with E-state index in [9.17, 15) is 4.79 Å². The van der Waals surface area contributed by atoms with Crippen molar-refractivity contribution < 1.29 is 9.21 Å². The lowest BCUT2D eigenvalue weighted by molar-refractivity contribution is -0.135. The van der Waals surface area contributed by atoms with Gasteiger partial charge in [-0.15, -0.1) is 10.2 Å². The molecule has 6 heteroatoms. The average Bonchev–Trinajstić information content (AvgIpc) is 3.07. The van der Waals surface area contributed by atoms with E-state index < -0.39 is 0 Å². The van der Waals surface area contributed by atoms with Crippen LogP contribution >= 0.6 is 0 Å². The molecule has 0 radical (unpaired) electrons. The summed E-state index contributed by atoms with van der Waals surface area (Å²) < 4.78 is 6.99. The van der Waals surface area contributed by atoms with Crippen molar-refractivity contribution in [3.05, 3.63) is 36.3 Å². The van der Waals surface area contributed by atoms with E-state index in [1.165, 1.54) is 0 Å². The lowest BCUT2D eigenvalue weighted by atomic mass is 9.98. The van der Waals surface area contributed by atoms with Gasteiger partial charge in [-0.05, 0) is 12.5 Å². The molecule has 1 aliphatic heterocycles. The third kappa shape index (κ3) is 2.38. The van der Waals surface area contributed by atoms with Crippen LogP contribution in [-0.2, 0) is 24.3 Å². The second kappa shape index (κ2) is 4.87. The zero-order valence-corrected chi connectivity index (χ0v) is 10.8. The number of fused-ring (bicyclic) bond motifs is 1. The summed E-state index contributed by atoms with van der Waals surface area (Å²) in [7, 11) is 1.83. The van der Waals surface area contributed by atoms with E-state index in [1.54, 1.807) is 23.8 Å². The summed E-state index contributed by atoms with van der Waals surface area (Å²) in [6.45, 7) is 1.26. The second-order valence-electron chi connectivity index (χ2n) is 4.96. The Morgan fingerprint density at radius 3 is 3.32 bits per heavy atom. The van der Waals surface area contributed by atoms with Crippen molar-refractivity contribution in [3.8, 4) is 0 Å². The van der Waals surface area contributed by atoms with Gasteiger partial charge < -0.3 is 13.9 Å². The summed E-state index contributed by atoms with van der Waals surface area (Å²) in [5, 5.41) is 7.91. The van der Waals surface area contributed by atoms with Crippen LogP contribution in [0, 0.1) is 5.92 Å². The number of hydrogen-bond donors (Lipinski definition) is 0. The van der Waals surface area contributed by atoms with Crippen LogP contribution in [0.4, 0.5) is 0 Å². The zero-order chi connectivity index (χ0) is 13.2. The fourth-order valence-electron chi connectivity index (χ4n) is 2.50. The molecule has 3 heterocycles. The molecule has 0 aromatic carbocycles. The quantitative estimate of drug-likeness (QED) is 0.828. The smallest absolute Gasteiger partial charge is 0.227 e. The normalized spacial score (nSPS) is 18.1. The molecular weight excluding hydrogens is 244 g/mol. The topological polar surface area (TPSA) is 64.2 Å². The largest absolute Gasteiger partial charge is 0.472 e. The summed E-state index contributed by atoms with van der Waals surface area (Å²) in [6.07, 6.45) is 6.65. The second-order valence-corrected chi connectivity index (χ2v) is 4.96. The van der Waals surface area contributed by atoms with E-state index in [4.69, 9.17) is 4.42 Å². The Labute approximate surface area is 111 Å². The van der Waals surface area contributed by atoms with Gasteiger partial charge in [0.25, 0.3) is 0 Å². The molecule has 0 saturated carbocycles. The molecule has 3 rings (SSSR count). The number of aryl methyl sites for hydroxylation is 1. The highest BCUT2D eigenvalue weighted by Crippen LogP contribution is 2.20. The molecule has 2 aromatic heterocycles. The highest BCUT2D eigenvalue weighted by molar-refractivity contribution is 5.78. The number of furan rings is 1. The van der Waals surface area contributed by atoms with Crippen molar-refractivity contribution in [1.29, 1.82) is 0 Å². The fourth-order valence-corrected chi connectivity index (χ4v) is 2.50. The number of rotatable bonds is 3. The van der Waals surface area contributed by atoms with Crippen LogP contribution in [0.3, 0.4) is 0 Å². The number of hydrogen-bond acceptors (Lipinski definition) is 4. The minimum atomic E-state index is 0.0143. The number of amides is 1. The monoisotopic (exact) mass is 260 g/mol. The molecule has 0 spiro atoms. The number of aromatic nitrogens is 3. The van der Waals surface area contributed by atoms with Crippen LogP contribution in [-0.4, -0.2) is 32.6 Å². The Morgan fingerprint density at radius 1 is 1.63 bits per heavy atom. The summed E-state index contributed by atoms with van der Waals surface area (Å²) in [5.74, 6) is 1.16. The Balaban J connectivity index is 1.65. The van der Waals surface area contributed by atoms with Crippen LogP contribution in [0.15, 0.2) is 29.3 Å². The van der Waals surface area contributed by atoms with E-state index in [0.29, 0.717) is 13.1 Å². The van der Waals surface area contributed by atoms with Crippen molar-refractivity contribution in [3.63, 3.8) is 0 Å². The number of carbonyl (C=O) groups excluding carboxylic acids is 1. The molecular formula is C13H16N4O2. The molecule has 6 nitrogen and oxygen atoms in total. The summed E-state index contributed by atoms with van der Waals surface area (Å²) in [4.78, 5) is 14.2. The first-order chi connectivity index (χ1) is 9.24. The Bertz CT molecular complexity index is 561. The molecule has 1 aliphatic rings. The minimum absolute atomic E-state index is 0.0143. The van der Waals surface area contributed by atoms with Crippen LogP contribution in [0.5, 0.6) is 0 Å². The molecule has 0 saturated heterocycles. The molecule has 2 aromatic rings. The van der Waals surface area contributed by atoms with Crippen LogP contribution < -0.4 is 0 Å². The SMILES string of the molecule is CN(Cc1ccoc1)C(=O)C1CCc2nncn2C1. The van der Waals surface area contributed by atoms with E-state index in [2.05, 4.69) is 10.2 Å². The van der Waals surface area contributed by atoms with Crippen molar-refractivity contribution >= 4 is 5.91 Å². The van der Waals surface area contributed by atoms with Crippen LogP contribution in [0.2, 0.25) is 0 Å². The molecule has 0 bridgehead atoms. The maximum atomic E-state index is 12.4. The lowest BCUT2D eigenvalue weighted by Crippen LogP contribution is -2.36. The number of carbonyl (C=O) groups is 1. The van der Waals surface area contributed by atoms with Crippen molar-refractivity contribution in [2.24, 2.45) is 5.92 Å². The first-order valence-corrected chi connectivity index (χ1v) is 6.37. The van der Waals surface area contributed by atoms with Gasteiger partial charge >= 0.3 is 0 Å². The first-order valence-electron chi connectivity index (χ1n) is 6.37. The standard InChI is InChI=1S/C13H16N4O2/c1-16(6-10-4-5-19-8-10)13(18)11-2-3-12-15-14-9-17(12)7-11/h4-5,8-9,11H,2-3,6-7H2,1H3. The maximum absolute atomic E-state index is 12.4. The fraction of sp³-hybridized carbons (Fsp3) is 0.462. The zero-order valence-electron chi connectivity index (χ0n) is 10.8. The molecule has 0 fully saturated rings. The van der Waals surface area contributed by atoms with Crippen molar-refractivity contribution in [2.75, 3.05) is 7.05 Å². The van der Waals surface area contributed by atoms with Crippen LogP contribution in [0.1, 0.15) is 17.8 Å². The summed E-state index contributed by atoms with van der Waals surface area (Å²) in [6, 6.07) is 1.88. The van der Waals surface area contributed by atoms with Gasteiger partial charge in [-0.2, -0.15) is 0 Å². The molecule has 19 heavy (non-hydrogen) atoms. The third-order valence-electron chi connectivity index (χ3n) is 3.55. The molecule has 100 valence electrons. The predicted molar refractivity (Wildman–Crippen MR) is 67.0 cm³/mol. The predicted octanol–water partition coefficient (Wildman–Crippen LogP) is 1.09. The van der Waals surface area contributed by atoms with E-state index >= 15 is 0 Å². The van der Waals surface area contributed by atoms with Crippen LogP contribution in [0.25, 0.3) is 0 Å². The third-order valence-corrected chi connectivity index (χ3v) is 3.55. The van der Waals surface area contributed by atoms with E-state index in [1.807, 2.05) is 17.7 Å². The molecule has 1 amide bonds. The van der Waals surface area contributed by atoms with Crippen molar-refractivity contribution in [1.82, 2.24) is 19.7 Å². The van der Waals surface area contributed by atoms with Gasteiger partial charge in [-0.3, -0.25) is 4.79 Å². The van der Waals surface area contributed by atoms with Gasteiger partial charge in [0.2, 0.25) is 5.91 Å². The summed E-state index contributed by atoms with van der Waals surface area (Å²) >= 11 is 0.